The number of aryl methyl sites for hydroxylation is 1. The Balaban J connectivity index is 1.99. The maximum absolute atomic E-state index is 4.02. The second-order valence-electron chi connectivity index (χ2n) is 3.30. The molecule has 0 N–H and O–H groups in total. The molecule has 1 fully saturated rings. The van der Waals surface area contributed by atoms with Crippen LogP contribution in [0.15, 0.2) is 5.16 Å². The highest BCUT2D eigenvalue weighted by atomic mass is 32.2. The minimum atomic E-state index is 0.747. The first-order valence-electron chi connectivity index (χ1n) is 4.83. The van der Waals surface area contributed by atoms with Crippen LogP contribution in [-0.4, -0.2) is 25.5 Å². The smallest absolute Gasteiger partial charge is 0.209 e. The molecule has 0 saturated heterocycles. The molecule has 1 aromatic heterocycles. The van der Waals surface area contributed by atoms with Crippen molar-refractivity contribution in [2.24, 2.45) is 0 Å². The Morgan fingerprint density at radius 2 is 2.23 bits per heavy atom. The number of hydrogen-bond acceptors (Lipinski definition) is 4. The van der Waals surface area contributed by atoms with Crippen LogP contribution in [0, 0.1) is 0 Å². The van der Waals surface area contributed by atoms with Gasteiger partial charge >= 0.3 is 0 Å². The zero-order valence-electron chi connectivity index (χ0n) is 7.81. The first kappa shape index (κ1) is 8.99. The molecule has 0 amide bonds. The second-order valence-corrected chi connectivity index (χ2v) is 4.57. The van der Waals surface area contributed by atoms with Gasteiger partial charge in [-0.2, -0.15) is 0 Å². The number of aromatic nitrogens is 4. The SMILES string of the molecule is CCn1nnnc1SC1CCCC1. The van der Waals surface area contributed by atoms with Crippen LogP contribution >= 0.6 is 11.8 Å². The summed E-state index contributed by atoms with van der Waals surface area (Å²) in [6.07, 6.45) is 5.37. The topological polar surface area (TPSA) is 43.6 Å². The van der Waals surface area contributed by atoms with Gasteiger partial charge in [-0.1, -0.05) is 24.6 Å². The molecule has 0 atom stereocenters. The normalized spacial score (nSPS) is 18.2. The molecule has 72 valence electrons. The van der Waals surface area contributed by atoms with Crippen LogP contribution in [0.25, 0.3) is 0 Å². The first-order valence-corrected chi connectivity index (χ1v) is 5.71. The van der Waals surface area contributed by atoms with Gasteiger partial charge in [0.25, 0.3) is 0 Å². The van der Waals surface area contributed by atoms with Gasteiger partial charge in [-0.05, 0) is 30.2 Å². The van der Waals surface area contributed by atoms with E-state index in [1.54, 1.807) is 0 Å². The lowest BCUT2D eigenvalue weighted by atomic mass is 10.4. The standard InChI is InChI=1S/C8H14N4S/c1-2-12-8(9-10-11-12)13-7-5-3-4-6-7/h7H,2-6H2,1H3. The summed E-state index contributed by atoms with van der Waals surface area (Å²) in [6, 6.07) is 0. The fourth-order valence-corrected chi connectivity index (χ4v) is 2.87. The lowest BCUT2D eigenvalue weighted by Crippen LogP contribution is -2.02. The fraction of sp³-hybridized carbons (Fsp3) is 0.875. The number of tetrazole rings is 1. The number of thioether (sulfide) groups is 1. The fourth-order valence-electron chi connectivity index (χ4n) is 1.63. The highest BCUT2D eigenvalue weighted by molar-refractivity contribution is 7.99. The summed E-state index contributed by atoms with van der Waals surface area (Å²) >= 11 is 1.84. The van der Waals surface area contributed by atoms with Crippen molar-refractivity contribution >= 4 is 11.8 Å². The van der Waals surface area contributed by atoms with Crippen molar-refractivity contribution in [2.75, 3.05) is 0 Å². The summed E-state index contributed by atoms with van der Waals surface area (Å²) in [5.74, 6) is 0. The Kier molecular flexibility index (Phi) is 2.83. The highest BCUT2D eigenvalue weighted by Gasteiger charge is 2.18. The van der Waals surface area contributed by atoms with E-state index in [4.69, 9.17) is 0 Å². The Morgan fingerprint density at radius 1 is 1.46 bits per heavy atom. The monoisotopic (exact) mass is 198 g/mol. The maximum atomic E-state index is 4.02. The van der Waals surface area contributed by atoms with E-state index >= 15 is 0 Å². The van der Waals surface area contributed by atoms with Crippen molar-refractivity contribution in [2.45, 2.75) is 49.6 Å². The number of hydrogen-bond donors (Lipinski definition) is 0. The van der Waals surface area contributed by atoms with Gasteiger partial charge in [-0.15, -0.1) is 5.10 Å². The van der Waals surface area contributed by atoms with E-state index in [9.17, 15) is 0 Å². The van der Waals surface area contributed by atoms with Crippen LogP contribution in [0.5, 0.6) is 0 Å². The average molecular weight is 198 g/mol. The molecular weight excluding hydrogens is 184 g/mol. The predicted molar refractivity (Wildman–Crippen MR) is 51.6 cm³/mol. The lowest BCUT2D eigenvalue weighted by molar-refractivity contribution is 0.580. The summed E-state index contributed by atoms with van der Waals surface area (Å²) in [6.45, 7) is 2.93. The zero-order chi connectivity index (χ0) is 9.10. The molecule has 1 aromatic rings. The summed E-state index contributed by atoms with van der Waals surface area (Å²) in [5.41, 5.74) is 0. The largest absolute Gasteiger partial charge is 0.221 e. The molecule has 0 bridgehead atoms. The van der Waals surface area contributed by atoms with Crippen LogP contribution in [0.1, 0.15) is 32.6 Å². The highest BCUT2D eigenvalue weighted by Crippen LogP contribution is 2.33. The van der Waals surface area contributed by atoms with Crippen molar-refractivity contribution in [3.05, 3.63) is 0 Å². The second kappa shape index (κ2) is 4.09. The van der Waals surface area contributed by atoms with Gasteiger partial charge in [-0.3, -0.25) is 0 Å². The Hall–Kier alpha value is -0.580. The van der Waals surface area contributed by atoms with Crippen molar-refractivity contribution in [3.63, 3.8) is 0 Å². The Bertz CT molecular complexity index is 267. The van der Waals surface area contributed by atoms with E-state index in [-0.39, 0.29) is 0 Å². The van der Waals surface area contributed by atoms with Crippen molar-refractivity contribution in [3.8, 4) is 0 Å². The van der Waals surface area contributed by atoms with Gasteiger partial charge < -0.3 is 0 Å². The molecule has 5 heteroatoms. The molecule has 0 aromatic carbocycles. The molecule has 0 aliphatic heterocycles. The molecule has 0 spiro atoms. The van der Waals surface area contributed by atoms with Gasteiger partial charge in [0.2, 0.25) is 5.16 Å². The van der Waals surface area contributed by atoms with E-state index in [0.717, 1.165) is 17.0 Å². The average Bonchev–Trinajstić information content (AvgIpc) is 2.76. The quantitative estimate of drug-likeness (QED) is 0.742. The first-order chi connectivity index (χ1) is 6.40. The molecule has 0 unspecified atom stereocenters. The van der Waals surface area contributed by atoms with E-state index < -0.39 is 0 Å². The Labute approximate surface area is 82.1 Å². The van der Waals surface area contributed by atoms with Crippen LogP contribution < -0.4 is 0 Å². The zero-order valence-corrected chi connectivity index (χ0v) is 8.63. The minimum absolute atomic E-state index is 0.747. The number of nitrogens with zero attached hydrogens (tertiary/aromatic N) is 4. The van der Waals surface area contributed by atoms with Crippen LogP contribution in [-0.2, 0) is 6.54 Å². The van der Waals surface area contributed by atoms with Gasteiger partial charge in [0.15, 0.2) is 0 Å². The van der Waals surface area contributed by atoms with Crippen LogP contribution in [0.4, 0.5) is 0 Å². The third-order valence-corrected chi connectivity index (χ3v) is 3.68. The van der Waals surface area contributed by atoms with Gasteiger partial charge in [-0.25, -0.2) is 4.68 Å². The van der Waals surface area contributed by atoms with Crippen LogP contribution in [0.2, 0.25) is 0 Å². The molecule has 4 nitrogen and oxygen atoms in total. The van der Waals surface area contributed by atoms with Gasteiger partial charge in [0.05, 0.1) is 0 Å². The van der Waals surface area contributed by atoms with E-state index in [1.165, 1.54) is 25.7 Å². The minimum Gasteiger partial charge on any atom is -0.221 e. The summed E-state index contributed by atoms with van der Waals surface area (Å²) in [7, 11) is 0. The molecule has 1 aliphatic carbocycles. The molecule has 2 rings (SSSR count). The van der Waals surface area contributed by atoms with Crippen molar-refractivity contribution in [1.29, 1.82) is 0 Å². The summed E-state index contributed by atoms with van der Waals surface area (Å²) in [4.78, 5) is 0. The van der Waals surface area contributed by atoms with Crippen molar-refractivity contribution in [1.82, 2.24) is 20.2 Å². The molecule has 1 heterocycles. The van der Waals surface area contributed by atoms with E-state index in [2.05, 4.69) is 22.4 Å². The molecule has 1 saturated carbocycles. The third kappa shape index (κ3) is 2.02. The van der Waals surface area contributed by atoms with Crippen molar-refractivity contribution < 1.29 is 0 Å². The Morgan fingerprint density at radius 3 is 2.92 bits per heavy atom. The molecule has 0 radical (unpaired) electrons. The summed E-state index contributed by atoms with van der Waals surface area (Å²) in [5, 5.41) is 13.3. The van der Waals surface area contributed by atoms with Crippen LogP contribution in [0.3, 0.4) is 0 Å². The molecular formula is C8H14N4S. The van der Waals surface area contributed by atoms with Gasteiger partial charge in [0.1, 0.15) is 0 Å². The molecule has 1 aliphatic rings. The van der Waals surface area contributed by atoms with E-state index in [1.807, 2.05) is 16.4 Å². The van der Waals surface area contributed by atoms with E-state index in [0.29, 0.717) is 0 Å². The number of rotatable bonds is 3. The third-order valence-electron chi connectivity index (χ3n) is 2.37. The predicted octanol–water partition coefficient (Wildman–Crippen LogP) is 1.73. The maximum Gasteiger partial charge on any atom is 0.209 e. The van der Waals surface area contributed by atoms with Gasteiger partial charge in [0, 0.05) is 11.8 Å². The lowest BCUT2D eigenvalue weighted by Gasteiger charge is -2.06. The molecule has 13 heavy (non-hydrogen) atoms. The summed E-state index contributed by atoms with van der Waals surface area (Å²) < 4.78 is 1.86.